The number of likely N-dealkylation sites (N-methyl/N-ethyl adjacent to an activating group) is 2. The fraction of sp³-hybridized carbons (Fsp3) is 0.588. The first-order valence-electron chi connectivity index (χ1n) is 8.24. The number of aryl methyl sites for hydroxylation is 1. The monoisotopic (exact) mass is 735 g/mol. The molecule has 0 bridgehead atoms. The van der Waals surface area contributed by atoms with Gasteiger partial charge in [0.2, 0.25) is 0 Å². The van der Waals surface area contributed by atoms with Gasteiger partial charge in [-0.3, -0.25) is 14.7 Å². The molecule has 134 valence electrons. The van der Waals surface area contributed by atoms with Gasteiger partial charge in [-0.05, 0) is 51.5 Å². The molecule has 1 N–H and O–H groups in total. The zero-order valence-corrected chi connectivity index (χ0v) is 22.5. The first-order valence-corrected chi connectivity index (χ1v) is 12.7. The van der Waals surface area contributed by atoms with Crippen molar-refractivity contribution in [3.63, 3.8) is 0 Å². The Kier molecular flexibility index (Phi) is 11.5. The Hall–Kier alpha value is 0.0542. The molecule has 2 unspecified atom stereocenters. The van der Waals surface area contributed by atoms with Crippen molar-refractivity contribution in [3.05, 3.63) is 30.1 Å². The van der Waals surface area contributed by atoms with Crippen LogP contribution in [0.5, 0.6) is 0 Å². The number of carboxylic acid groups (broad SMARTS) is 1. The maximum atomic E-state index is 11.1. The summed E-state index contributed by atoms with van der Waals surface area (Å²) >= 11 is 2.13. The number of nitrogens with zero attached hydrogens (tertiary/aromatic N) is 3. The van der Waals surface area contributed by atoms with Crippen LogP contribution in [0.2, 0.25) is 1.04 Å². The topological polar surface area (TPSA) is 73.7 Å². The van der Waals surface area contributed by atoms with Crippen LogP contribution in [0.4, 0.5) is 0 Å². The number of aliphatic carboxylic acids is 1. The van der Waals surface area contributed by atoms with E-state index in [0.29, 0.717) is 7.08 Å². The Morgan fingerprint density at radius 1 is 1.56 bits per heavy atom. The normalized spacial score (nSPS) is 20.4. The summed E-state index contributed by atoms with van der Waals surface area (Å²) in [7, 11) is 3.98. The summed E-state index contributed by atoms with van der Waals surface area (Å²) in [5, 5.41) is 9.14. The maximum absolute atomic E-state index is 11.1. The number of carbonyl (C=O) groups excluding carboxylic acids is 1. The van der Waals surface area contributed by atoms with Gasteiger partial charge in [-0.1, -0.05) is 6.07 Å². The summed E-state index contributed by atoms with van der Waals surface area (Å²) in [6, 6.07) is 4.06. The van der Waals surface area contributed by atoms with Gasteiger partial charge in [0.05, 0.1) is 0 Å². The number of pyridine rings is 1. The van der Waals surface area contributed by atoms with Crippen LogP contribution < -0.4 is 0 Å². The molecule has 2 rings (SSSR count). The second-order valence-corrected chi connectivity index (χ2v) is 19.8. The van der Waals surface area contributed by atoms with Crippen LogP contribution in [0, 0.1) is 0 Å². The molecule has 8 heteroatoms. The Morgan fingerprint density at radius 3 is 2.72 bits per heavy atom. The second-order valence-electron chi connectivity index (χ2n) is 6.24. The van der Waals surface area contributed by atoms with E-state index in [9.17, 15) is 9.59 Å². The molecule has 0 amide bonds. The quantitative estimate of drug-likeness (QED) is 0.323. The molecule has 0 aliphatic carbocycles. The van der Waals surface area contributed by atoms with Gasteiger partial charge in [-0.25, -0.2) is 0 Å². The molecule has 1 aromatic heterocycles. The minimum atomic E-state index is -0.709. The summed E-state index contributed by atoms with van der Waals surface area (Å²) in [5.41, 5.74) is 1.26. The average Bonchev–Trinajstić information content (AvgIpc) is 2.98. The summed E-state index contributed by atoms with van der Waals surface area (Å²) in [5.74, 6) is -0.709. The summed E-state index contributed by atoms with van der Waals surface area (Å²) in [6.07, 6.45) is 7.54. The molecule has 0 saturated carbocycles. The average molecular weight is 734 g/mol. The van der Waals surface area contributed by atoms with E-state index in [1.165, 1.54) is 5.56 Å². The van der Waals surface area contributed by atoms with E-state index in [1.54, 1.807) is 6.20 Å². The zero-order valence-electron chi connectivity index (χ0n) is 14.8. The molecule has 1 aliphatic heterocycles. The number of aromatic nitrogens is 1. The Labute approximate surface area is 181 Å². The van der Waals surface area contributed by atoms with Gasteiger partial charge in [-0.15, -0.1) is 0 Å². The number of hydrogen-bond acceptors (Lipinski definition) is 5. The summed E-state index contributed by atoms with van der Waals surface area (Å²) in [4.78, 5) is 29.0. The third-order valence-corrected chi connectivity index (χ3v) is 5.33. The fourth-order valence-electron chi connectivity index (χ4n) is 2.84. The van der Waals surface area contributed by atoms with Crippen LogP contribution in [0.15, 0.2) is 24.5 Å². The second kappa shape index (κ2) is 12.4. The molecule has 2 atom stereocenters. The molecule has 2 heterocycles. The van der Waals surface area contributed by atoms with E-state index in [0.717, 1.165) is 90.2 Å². The molecule has 25 heavy (non-hydrogen) atoms. The number of aldehydes is 1. The molecule has 1 aliphatic rings. The zero-order chi connectivity index (χ0) is 18.8. The Balaban J connectivity index is 0.000000550. The van der Waals surface area contributed by atoms with Crippen molar-refractivity contribution >= 4 is 63.8 Å². The van der Waals surface area contributed by atoms with Crippen molar-refractivity contribution in [1.29, 1.82) is 0 Å². The van der Waals surface area contributed by atoms with Gasteiger partial charge in [0, 0.05) is 25.0 Å². The van der Waals surface area contributed by atoms with Crippen LogP contribution in [-0.2, 0) is 16.0 Å². The van der Waals surface area contributed by atoms with E-state index >= 15 is 0 Å². The Morgan fingerprint density at radius 2 is 2.24 bits per heavy atom. The number of rotatable bonds is 7. The van der Waals surface area contributed by atoms with Gasteiger partial charge >= 0.3 is 69.6 Å². The van der Waals surface area contributed by atoms with Crippen molar-refractivity contribution in [2.24, 2.45) is 0 Å². The van der Waals surface area contributed by atoms with E-state index < -0.39 is 5.97 Å². The molecule has 0 aromatic carbocycles. The standard InChI is InChI=1S/C15H23N3O2.C2H2O.2Pb/c1-17(8-4-6-12-5-3-7-16-10-12)13-9-14(15(19)20)18(2)11-13;1-2-3;;/h3,5,7,10,13-14H,4,6,8-9,11H2,1-2H3,(H,19,20);1-2H;;. The van der Waals surface area contributed by atoms with E-state index in [2.05, 4.69) is 23.0 Å². The molecule has 1 fully saturated rings. The molecular formula is C17H25N3O3Pb2. The number of carbonyl (C=O) groups is 2. The molecule has 0 spiro atoms. The van der Waals surface area contributed by atoms with Crippen molar-refractivity contribution in [1.82, 2.24) is 14.8 Å². The molecule has 6 radical (unpaired) electrons. The van der Waals surface area contributed by atoms with Crippen LogP contribution >= 0.6 is 0 Å². The molecule has 1 saturated heterocycles. The van der Waals surface area contributed by atoms with Crippen molar-refractivity contribution in [3.8, 4) is 0 Å². The number of hydrogen-bond donors (Lipinski definition) is 1. The summed E-state index contributed by atoms with van der Waals surface area (Å²) < 4.78 is 0.481. The first kappa shape index (κ1) is 23.1. The first-order chi connectivity index (χ1) is 11.8. The van der Waals surface area contributed by atoms with Crippen molar-refractivity contribution in [2.75, 3.05) is 27.2 Å². The van der Waals surface area contributed by atoms with Gasteiger partial charge < -0.3 is 10.0 Å². The van der Waals surface area contributed by atoms with E-state index in [4.69, 9.17) is 5.11 Å². The number of carboxylic acids is 1. The SMILES string of the molecule is CN(CCCc1cccnc1)C1CC(C(=O)O)N(C)C1.O=C[CH]([Pb])[Pb]. The van der Waals surface area contributed by atoms with Crippen molar-refractivity contribution in [2.45, 2.75) is 32.4 Å². The van der Waals surface area contributed by atoms with Crippen LogP contribution in [0.25, 0.3) is 0 Å². The van der Waals surface area contributed by atoms with Gasteiger partial charge in [-0.2, -0.15) is 0 Å². The fourth-order valence-corrected chi connectivity index (χ4v) is 2.84. The predicted molar refractivity (Wildman–Crippen MR) is 99.0 cm³/mol. The number of likely N-dealkylation sites (tertiary alicyclic amines) is 1. The Bertz CT molecular complexity index is 531. The molecular weight excluding hydrogens is 709 g/mol. The van der Waals surface area contributed by atoms with Crippen LogP contribution in [0.3, 0.4) is 0 Å². The minimum absolute atomic E-state index is 0.333. The summed E-state index contributed by atoms with van der Waals surface area (Å²) in [6.45, 7) is 1.82. The predicted octanol–water partition coefficient (Wildman–Crippen LogP) is 0.372. The van der Waals surface area contributed by atoms with E-state index in [1.807, 2.05) is 24.2 Å². The van der Waals surface area contributed by atoms with E-state index in [-0.39, 0.29) is 6.04 Å². The van der Waals surface area contributed by atoms with Crippen LogP contribution in [-0.4, -0.2) is 123 Å². The van der Waals surface area contributed by atoms with Crippen molar-refractivity contribution < 1.29 is 14.7 Å². The molecule has 6 nitrogen and oxygen atoms in total. The van der Waals surface area contributed by atoms with Crippen LogP contribution in [0.1, 0.15) is 18.4 Å². The molecule has 1 aromatic rings. The van der Waals surface area contributed by atoms with Gasteiger partial charge in [0.25, 0.3) is 0 Å². The third kappa shape index (κ3) is 9.00. The van der Waals surface area contributed by atoms with Gasteiger partial charge in [0.1, 0.15) is 6.04 Å². The third-order valence-electron chi connectivity index (χ3n) is 4.27. The van der Waals surface area contributed by atoms with Gasteiger partial charge in [0.15, 0.2) is 0 Å².